The first kappa shape index (κ1) is 17.9. The Bertz CT molecular complexity index is 901. The molecule has 0 aliphatic heterocycles. The van der Waals surface area contributed by atoms with Crippen LogP contribution in [0.1, 0.15) is 11.1 Å². The van der Waals surface area contributed by atoms with Crippen LogP contribution in [0.2, 0.25) is 0 Å². The van der Waals surface area contributed by atoms with E-state index in [0.717, 1.165) is 28.1 Å². The number of aromatic nitrogens is 1. The van der Waals surface area contributed by atoms with Crippen LogP contribution in [0.3, 0.4) is 0 Å². The summed E-state index contributed by atoms with van der Waals surface area (Å²) in [6, 6.07) is 13.5. The molecule has 6 heteroatoms. The fourth-order valence-electron chi connectivity index (χ4n) is 2.63. The van der Waals surface area contributed by atoms with E-state index in [4.69, 9.17) is 9.47 Å². The topological polar surface area (TPSA) is 60.5 Å². The molecule has 0 aliphatic rings. The van der Waals surface area contributed by atoms with Crippen LogP contribution in [-0.4, -0.2) is 24.6 Å². The molecular weight excluding hydrogens is 348 g/mol. The van der Waals surface area contributed by atoms with E-state index < -0.39 is 0 Å². The van der Waals surface area contributed by atoms with Gasteiger partial charge in [-0.1, -0.05) is 18.2 Å². The van der Waals surface area contributed by atoms with Gasteiger partial charge in [0.1, 0.15) is 11.5 Å². The van der Waals surface area contributed by atoms with E-state index in [1.54, 1.807) is 7.11 Å². The lowest BCUT2D eigenvalue weighted by Gasteiger charge is -2.08. The summed E-state index contributed by atoms with van der Waals surface area (Å²) in [6.45, 7) is 3.93. The molecule has 0 spiro atoms. The second-order valence-electron chi connectivity index (χ2n) is 5.90. The molecular formula is C20H20N2O3S. The van der Waals surface area contributed by atoms with E-state index in [1.165, 1.54) is 11.3 Å². The standard InChI is InChI=1S/C20H20N2O3S/c1-13-8-14(2)10-15(9-13)25-11-19(23)22-20-21-17(12-26-20)16-6-4-5-7-18(16)24-3/h4-10,12H,11H2,1-3H3,(H,21,22,23). The number of benzene rings is 2. The molecule has 2 aromatic carbocycles. The molecule has 0 saturated carbocycles. The van der Waals surface area contributed by atoms with Crippen LogP contribution in [0, 0.1) is 13.8 Å². The van der Waals surface area contributed by atoms with Gasteiger partial charge in [-0.3, -0.25) is 10.1 Å². The number of hydrogen-bond donors (Lipinski definition) is 1. The molecule has 1 amide bonds. The minimum Gasteiger partial charge on any atom is -0.496 e. The number of para-hydroxylation sites is 1. The van der Waals surface area contributed by atoms with E-state index in [1.807, 2.05) is 55.6 Å². The van der Waals surface area contributed by atoms with Crippen LogP contribution in [0.15, 0.2) is 47.8 Å². The van der Waals surface area contributed by atoms with Gasteiger partial charge in [-0.25, -0.2) is 4.98 Å². The summed E-state index contributed by atoms with van der Waals surface area (Å²) < 4.78 is 10.9. The molecule has 0 unspecified atom stereocenters. The third kappa shape index (κ3) is 4.40. The van der Waals surface area contributed by atoms with Crippen LogP contribution in [0.5, 0.6) is 11.5 Å². The number of amides is 1. The quantitative estimate of drug-likeness (QED) is 0.698. The van der Waals surface area contributed by atoms with Gasteiger partial charge in [0, 0.05) is 10.9 Å². The number of nitrogens with one attached hydrogen (secondary N) is 1. The molecule has 0 fully saturated rings. The zero-order valence-electron chi connectivity index (χ0n) is 14.9. The summed E-state index contributed by atoms with van der Waals surface area (Å²) in [4.78, 5) is 16.6. The van der Waals surface area contributed by atoms with Crippen molar-refractivity contribution >= 4 is 22.4 Å². The summed E-state index contributed by atoms with van der Waals surface area (Å²) in [5.74, 6) is 1.19. The van der Waals surface area contributed by atoms with E-state index in [0.29, 0.717) is 10.9 Å². The van der Waals surface area contributed by atoms with Crippen molar-refractivity contribution in [3.05, 3.63) is 59.0 Å². The summed E-state index contributed by atoms with van der Waals surface area (Å²) in [7, 11) is 1.62. The summed E-state index contributed by atoms with van der Waals surface area (Å²) in [5.41, 5.74) is 3.85. The van der Waals surface area contributed by atoms with Crippen molar-refractivity contribution < 1.29 is 14.3 Å². The molecule has 3 aromatic rings. The number of nitrogens with zero attached hydrogens (tertiary/aromatic N) is 1. The molecule has 0 atom stereocenters. The summed E-state index contributed by atoms with van der Waals surface area (Å²) >= 11 is 1.36. The fourth-order valence-corrected chi connectivity index (χ4v) is 3.36. The van der Waals surface area contributed by atoms with Crippen molar-refractivity contribution in [3.63, 3.8) is 0 Å². The van der Waals surface area contributed by atoms with E-state index in [-0.39, 0.29) is 12.5 Å². The number of hydrogen-bond acceptors (Lipinski definition) is 5. The first-order valence-corrected chi connectivity index (χ1v) is 9.03. The number of carbonyl (C=O) groups is 1. The van der Waals surface area contributed by atoms with Gasteiger partial charge >= 0.3 is 0 Å². The summed E-state index contributed by atoms with van der Waals surface area (Å²) in [5, 5.41) is 5.19. The lowest BCUT2D eigenvalue weighted by Crippen LogP contribution is -2.20. The molecule has 0 radical (unpaired) electrons. The van der Waals surface area contributed by atoms with Crippen molar-refractivity contribution in [2.24, 2.45) is 0 Å². The van der Waals surface area contributed by atoms with Crippen molar-refractivity contribution in [1.29, 1.82) is 0 Å². The van der Waals surface area contributed by atoms with Crippen molar-refractivity contribution in [3.8, 4) is 22.8 Å². The van der Waals surface area contributed by atoms with Gasteiger partial charge in [-0.15, -0.1) is 11.3 Å². The first-order valence-electron chi connectivity index (χ1n) is 8.15. The number of thiazole rings is 1. The Morgan fingerprint density at radius 1 is 1.15 bits per heavy atom. The second kappa shape index (κ2) is 8.01. The Morgan fingerprint density at radius 2 is 1.88 bits per heavy atom. The molecule has 1 N–H and O–H groups in total. The summed E-state index contributed by atoms with van der Waals surface area (Å²) in [6.07, 6.45) is 0. The number of carbonyl (C=O) groups excluding carboxylic acids is 1. The smallest absolute Gasteiger partial charge is 0.264 e. The average molecular weight is 368 g/mol. The number of rotatable bonds is 6. The third-order valence-electron chi connectivity index (χ3n) is 3.70. The van der Waals surface area contributed by atoms with Gasteiger partial charge in [-0.05, 0) is 49.2 Å². The number of ether oxygens (including phenoxy) is 2. The Morgan fingerprint density at radius 3 is 2.62 bits per heavy atom. The molecule has 0 saturated heterocycles. The molecule has 1 heterocycles. The highest BCUT2D eigenvalue weighted by Gasteiger charge is 2.11. The van der Waals surface area contributed by atoms with Gasteiger partial charge in [0.15, 0.2) is 11.7 Å². The van der Waals surface area contributed by atoms with Crippen LogP contribution in [0.25, 0.3) is 11.3 Å². The highest BCUT2D eigenvalue weighted by molar-refractivity contribution is 7.14. The molecule has 26 heavy (non-hydrogen) atoms. The number of methoxy groups -OCH3 is 1. The van der Waals surface area contributed by atoms with Gasteiger partial charge in [-0.2, -0.15) is 0 Å². The molecule has 134 valence electrons. The SMILES string of the molecule is COc1ccccc1-c1csc(NC(=O)COc2cc(C)cc(C)c2)n1. The zero-order valence-corrected chi connectivity index (χ0v) is 15.7. The van der Waals surface area contributed by atoms with Gasteiger partial charge in [0.2, 0.25) is 0 Å². The Balaban J connectivity index is 1.62. The molecule has 0 bridgehead atoms. The largest absolute Gasteiger partial charge is 0.496 e. The normalized spacial score (nSPS) is 10.4. The van der Waals surface area contributed by atoms with E-state index in [9.17, 15) is 4.79 Å². The molecule has 3 rings (SSSR count). The maximum atomic E-state index is 12.1. The Kier molecular flexibility index (Phi) is 5.53. The van der Waals surface area contributed by atoms with Crippen molar-refractivity contribution in [2.45, 2.75) is 13.8 Å². The van der Waals surface area contributed by atoms with Gasteiger partial charge in [0.05, 0.1) is 12.8 Å². The van der Waals surface area contributed by atoms with Crippen molar-refractivity contribution in [1.82, 2.24) is 4.98 Å². The lowest BCUT2D eigenvalue weighted by molar-refractivity contribution is -0.118. The van der Waals surface area contributed by atoms with Gasteiger partial charge < -0.3 is 9.47 Å². The lowest BCUT2D eigenvalue weighted by atomic mass is 10.1. The second-order valence-corrected chi connectivity index (χ2v) is 6.76. The zero-order chi connectivity index (χ0) is 18.5. The Labute approximate surface area is 156 Å². The third-order valence-corrected chi connectivity index (χ3v) is 4.46. The minimum atomic E-state index is -0.245. The van der Waals surface area contributed by atoms with Crippen LogP contribution in [0.4, 0.5) is 5.13 Å². The van der Waals surface area contributed by atoms with Crippen molar-refractivity contribution in [2.75, 3.05) is 19.0 Å². The number of anilines is 1. The monoisotopic (exact) mass is 368 g/mol. The molecule has 0 aliphatic carbocycles. The van der Waals surface area contributed by atoms with E-state index in [2.05, 4.69) is 16.4 Å². The van der Waals surface area contributed by atoms with Crippen LogP contribution in [-0.2, 0) is 4.79 Å². The maximum Gasteiger partial charge on any atom is 0.264 e. The predicted octanol–water partition coefficient (Wildman–Crippen LogP) is 4.45. The highest BCUT2D eigenvalue weighted by atomic mass is 32.1. The minimum absolute atomic E-state index is 0.0630. The fraction of sp³-hybridized carbons (Fsp3) is 0.200. The van der Waals surface area contributed by atoms with Crippen LogP contribution < -0.4 is 14.8 Å². The van der Waals surface area contributed by atoms with Gasteiger partial charge in [0.25, 0.3) is 5.91 Å². The number of aryl methyl sites for hydroxylation is 2. The molecule has 1 aromatic heterocycles. The predicted molar refractivity (Wildman–Crippen MR) is 104 cm³/mol. The molecule has 5 nitrogen and oxygen atoms in total. The Hall–Kier alpha value is -2.86. The average Bonchev–Trinajstić information content (AvgIpc) is 3.07. The highest BCUT2D eigenvalue weighted by Crippen LogP contribution is 2.31. The van der Waals surface area contributed by atoms with E-state index >= 15 is 0 Å². The maximum absolute atomic E-state index is 12.1. The van der Waals surface area contributed by atoms with Crippen LogP contribution >= 0.6 is 11.3 Å². The first-order chi connectivity index (χ1) is 12.5.